The number of anilines is 1. The summed E-state index contributed by atoms with van der Waals surface area (Å²) < 4.78 is 91.1. The molecular formula is C19H21F2N7O11P2S. The van der Waals surface area contributed by atoms with E-state index in [1.807, 2.05) is 4.98 Å². The van der Waals surface area contributed by atoms with Gasteiger partial charge in [0.1, 0.15) is 36.3 Å². The Morgan fingerprint density at radius 2 is 1.64 bits per heavy atom. The Balaban J connectivity index is 1.34. The van der Waals surface area contributed by atoms with E-state index in [2.05, 4.69) is 27.2 Å². The molecule has 3 fully saturated rings. The maximum atomic E-state index is 15.7. The minimum absolute atomic E-state index is 0.00753. The molecule has 3 aliphatic rings. The van der Waals surface area contributed by atoms with Gasteiger partial charge in [0.15, 0.2) is 36.3 Å². The summed E-state index contributed by atoms with van der Waals surface area (Å²) in [6, 6.07) is 0.934. The van der Waals surface area contributed by atoms with Gasteiger partial charge in [-0.05, 0) is 0 Å². The van der Waals surface area contributed by atoms with Gasteiger partial charge in [0.25, 0.3) is 5.56 Å². The predicted octanol–water partition coefficient (Wildman–Crippen LogP) is 0.385. The first-order valence-electron chi connectivity index (χ1n) is 12.0. The Bertz CT molecular complexity index is 1730. The molecule has 3 aliphatic heterocycles. The molecule has 0 radical (unpaired) electrons. The molecule has 23 heteroatoms. The maximum Gasteiger partial charge on any atom is 0.472 e. The second-order valence-electron chi connectivity index (χ2n) is 9.29. The number of nitrogen functional groups attached to an aromatic ring is 1. The van der Waals surface area contributed by atoms with Crippen molar-refractivity contribution in [2.24, 2.45) is 0 Å². The first kappa shape index (κ1) is 29.5. The van der Waals surface area contributed by atoms with Gasteiger partial charge in [-0.3, -0.25) is 37.0 Å². The van der Waals surface area contributed by atoms with Gasteiger partial charge in [-0.2, -0.15) is 0 Å². The van der Waals surface area contributed by atoms with Crippen LogP contribution in [0, 0.1) is 0 Å². The minimum atomic E-state index is -5.17. The van der Waals surface area contributed by atoms with Crippen LogP contribution in [0.5, 0.6) is 0 Å². The molecule has 3 aromatic rings. The number of halogens is 2. The number of nitrogens with zero attached hydrogens (tertiary/aromatic N) is 5. The van der Waals surface area contributed by atoms with Gasteiger partial charge >= 0.3 is 20.3 Å². The van der Waals surface area contributed by atoms with Crippen molar-refractivity contribution >= 4 is 43.9 Å². The smallest absolute Gasteiger partial charge is 0.382 e. The van der Waals surface area contributed by atoms with Crippen molar-refractivity contribution in [2.45, 2.75) is 49.2 Å². The highest BCUT2D eigenvalue weighted by Crippen LogP contribution is 2.58. The van der Waals surface area contributed by atoms with Gasteiger partial charge in [0, 0.05) is 12.3 Å². The quantitative estimate of drug-likeness (QED) is 0.216. The molecule has 10 atom stereocenters. The number of ether oxygens (including phenoxy) is 2. The molecule has 0 saturated carbocycles. The van der Waals surface area contributed by atoms with E-state index < -0.39 is 88.3 Å². The molecule has 0 aromatic carbocycles. The molecule has 18 nitrogen and oxygen atoms in total. The van der Waals surface area contributed by atoms with E-state index in [1.165, 1.54) is 4.57 Å². The normalized spacial score (nSPS) is 39.3. The Hall–Kier alpha value is -2.58. The Labute approximate surface area is 237 Å². The molecule has 6 heterocycles. The first-order valence-corrected chi connectivity index (χ1v) is 16.2. The number of nitrogens with two attached hydrogens (primary N) is 1. The van der Waals surface area contributed by atoms with Crippen molar-refractivity contribution in [3.8, 4) is 0 Å². The second-order valence-corrected chi connectivity index (χ2v) is 13.6. The fourth-order valence-electron chi connectivity index (χ4n) is 4.72. The predicted molar refractivity (Wildman–Crippen MR) is 137 cm³/mol. The van der Waals surface area contributed by atoms with Crippen LogP contribution in [-0.2, 0) is 36.7 Å². The van der Waals surface area contributed by atoms with Crippen LogP contribution in [0.3, 0.4) is 0 Å². The van der Waals surface area contributed by atoms with Crippen molar-refractivity contribution in [3.63, 3.8) is 0 Å². The zero-order chi connectivity index (χ0) is 30.0. The number of hydrogen-bond acceptors (Lipinski definition) is 14. The van der Waals surface area contributed by atoms with E-state index in [4.69, 9.17) is 33.3 Å². The van der Waals surface area contributed by atoms with Gasteiger partial charge in [0.2, 0.25) is 0 Å². The largest absolute Gasteiger partial charge is 0.472 e. The molecule has 3 aromatic heterocycles. The molecule has 3 saturated heterocycles. The highest BCUT2D eigenvalue weighted by molar-refractivity contribution is 8.44. The van der Waals surface area contributed by atoms with E-state index in [1.54, 1.807) is 0 Å². The monoisotopic (exact) mass is 655 g/mol. The van der Waals surface area contributed by atoms with Gasteiger partial charge in [-0.15, -0.1) is 0 Å². The van der Waals surface area contributed by atoms with Crippen LogP contribution in [0.25, 0.3) is 11.2 Å². The Morgan fingerprint density at radius 1 is 1.00 bits per heavy atom. The molecular weight excluding hydrogens is 634 g/mol. The lowest BCUT2D eigenvalue weighted by Gasteiger charge is -2.25. The van der Waals surface area contributed by atoms with Gasteiger partial charge in [-0.1, -0.05) is 12.2 Å². The highest BCUT2D eigenvalue weighted by atomic mass is 32.7. The topological polar surface area (TPSA) is 234 Å². The molecule has 0 spiro atoms. The molecule has 6 rings (SSSR count). The van der Waals surface area contributed by atoms with Crippen LogP contribution in [0.2, 0.25) is 0 Å². The number of nitrogens with one attached hydrogen (secondary N) is 1. The Kier molecular flexibility index (Phi) is 7.62. The summed E-state index contributed by atoms with van der Waals surface area (Å²) >= 11 is 3.86. The standard InChI is InChI=1S/C19H21F2N7O11P2S/c20-10-8-4-35-41(33,42)39-14-11(21)7(36-17(14)27-2-1-9(29)26-19(27)30)3-34-40(31,32)38-13(10)18(37-8)28-6-25-12-15(22)23-5-24-16(12)28/h1-2,5-8,10-11,13-14,17-18H,3-4H2,(H,31,32)(H,33,42)(H2,22,23,24)(H,26,29,30)/t7-,8-,10-,11-,13-,14-,17-,18-,41-/m1/s1. The lowest BCUT2D eigenvalue weighted by atomic mass is 10.1. The number of fused-ring (bicyclic) bond motifs is 5. The summed E-state index contributed by atoms with van der Waals surface area (Å²) in [5, 5.41) is 0. The van der Waals surface area contributed by atoms with E-state index in [-0.39, 0.29) is 17.0 Å². The van der Waals surface area contributed by atoms with E-state index >= 15 is 8.78 Å². The van der Waals surface area contributed by atoms with Crippen LogP contribution in [0.15, 0.2) is 34.5 Å². The lowest BCUT2D eigenvalue weighted by Crippen LogP contribution is -2.37. The number of aromatic nitrogens is 6. The summed E-state index contributed by atoms with van der Waals surface area (Å²) in [5.74, 6) is -0.00753. The average Bonchev–Trinajstić information content (AvgIpc) is 3.57. The molecule has 228 valence electrons. The number of phosphoric acid groups is 1. The van der Waals surface area contributed by atoms with Gasteiger partial charge in [0.05, 0.1) is 19.5 Å². The van der Waals surface area contributed by atoms with E-state index in [0.29, 0.717) is 0 Å². The third-order valence-corrected chi connectivity index (χ3v) is 9.23. The van der Waals surface area contributed by atoms with Crippen molar-refractivity contribution in [2.75, 3.05) is 18.9 Å². The maximum absolute atomic E-state index is 15.7. The molecule has 0 amide bonds. The minimum Gasteiger partial charge on any atom is -0.382 e. The number of thiol groups is 1. The lowest BCUT2D eigenvalue weighted by molar-refractivity contribution is -0.0648. The third kappa shape index (κ3) is 5.45. The first-order chi connectivity index (χ1) is 19.8. The SMILES string of the molecule is Nc1ncnc2c1ncn2[C@@H]1O[C@@H]2CO[P@@](=O)(S)O[C@@H]3[C@H](F)[C@@H](COP(=O)(O)O[C@@H]1[C@@H]2F)O[C@H]3n1ccc(=O)[nH]c1=O. The van der Waals surface area contributed by atoms with Crippen molar-refractivity contribution in [1.82, 2.24) is 29.1 Å². The fourth-order valence-corrected chi connectivity index (χ4v) is 7.09. The number of imidazole rings is 1. The molecule has 42 heavy (non-hydrogen) atoms. The summed E-state index contributed by atoms with van der Waals surface area (Å²) in [6.07, 6.45) is -11.4. The van der Waals surface area contributed by atoms with Crippen LogP contribution >= 0.6 is 26.9 Å². The number of aromatic amines is 1. The number of phosphoric ester groups is 1. The Morgan fingerprint density at radius 3 is 2.33 bits per heavy atom. The molecule has 4 N–H and O–H groups in total. The molecule has 1 unspecified atom stereocenters. The zero-order valence-electron chi connectivity index (χ0n) is 20.8. The third-order valence-electron chi connectivity index (χ3n) is 6.63. The molecule has 4 bridgehead atoms. The van der Waals surface area contributed by atoms with E-state index in [0.717, 1.165) is 29.5 Å². The fraction of sp³-hybridized carbons (Fsp3) is 0.526. The summed E-state index contributed by atoms with van der Waals surface area (Å²) in [7, 11) is -5.17. The summed E-state index contributed by atoms with van der Waals surface area (Å²) in [5.41, 5.74) is 4.20. The summed E-state index contributed by atoms with van der Waals surface area (Å²) in [6.45, 7) is -6.34. The van der Waals surface area contributed by atoms with Crippen LogP contribution in [-0.4, -0.2) is 83.9 Å². The van der Waals surface area contributed by atoms with Crippen molar-refractivity contribution in [3.05, 3.63) is 45.8 Å². The van der Waals surface area contributed by atoms with Gasteiger partial charge in [-0.25, -0.2) is 37.7 Å². The van der Waals surface area contributed by atoms with Gasteiger partial charge < -0.3 is 20.1 Å². The van der Waals surface area contributed by atoms with Crippen molar-refractivity contribution in [1.29, 1.82) is 0 Å². The van der Waals surface area contributed by atoms with Crippen molar-refractivity contribution < 1.29 is 50.4 Å². The number of H-pyrrole nitrogens is 1. The van der Waals surface area contributed by atoms with E-state index in [9.17, 15) is 23.6 Å². The van der Waals surface area contributed by atoms with Crippen LogP contribution in [0.1, 0.15) is 12.5 Å². The van der Waals surface area contributed by atoms with Crippen LogP contribution in [0.4, 0.5) is 14.6 Å². The number of alkyl halides is 2. The summed E-state index contributed by atoms with van der Waals surface area (Å²) in [4.78, 5) is 48.2. The zero-order valence-corrected chi connectivity index (χ0v) is 23.5. The molecule has 0 aliphatic carbocycles. The number of rotatable bonds is 2. The number of hydrogen-bond donors (Lipinski definition) is 4. The highest BCUT2D eigenvalue weighted by Gasteiger charge is 2.54. The second kappa shape index (κ2) is 10.8. The average molecular weight is 655 g/mol. The van der Waals surface area contributed by atoms with Crippen LogP contribution < -0.4 is 17.0 Å².